The second-order valence-electron chi connectivity index (χ2n) is 6.39. The largest absolute Gasteiger partial charge is 0.353 e. The summed E-state index contributed by atoms with van der Waals surface area (Å²) in [4.78, 5) is 16.2. The first-order valence-corrected chi connectivity index (χ1v) is 9.99. The van der Waals surface area contributed by atoms with E-state index in [9.17, 15) is 13.2 Å². The second-order valence-corrected chi connectivity index (χ2v) is 8.27. The van der Waals surface area contributed by atoms with Gasteiger partial charge in [-0.25, -0.2) is 8.42 Å². The third-order valence-corrected chi connectivity index (χ3v) is 6.35. The van der Waals surface area contributed by atoms with Crippen molar-refractivity contribution in [2.24, 2.45) is 0 Å². The van der Waals surface area contributed by atoms with Gasteiger partial charge in [0, 0.05) is 10.9 Å². The number of sulfone groups is 1. The van der Waals surface area contributed by atoms with E-state index in [1.54, 1.807) is 48.5 Å². The quantitative estimate of drug-likeness (QED) is 0.579. The van der Waals surface area contributed by atoms with E-state index >= 15 is 0 Å². The zero-order chi connectivity index (χ0) is 19.0. The predicted octanol–water partition coefficient (Wildman–Crippen LogP) is 4.34. The molecule has 0 unspecified atom stereocenters. The maximum absolute atomic E-state index is 13.4. The van der Waals surface area contributed by atoms with Gasteiger partial charge in [0.1, 0.15) is 4.90 Å². The van der Waals surface area contributed by atoms with Gasteiger partial charge in [-0.05, 0) is 36.8 Å². The molecular formula is C22H17NO3S. The van der Waals surface area contributed by atoms with Gasteiger partial charge >= 0.3 is 0 Å². The van der Waals surface area contributed by atoms with Gasteiger partial charge in [0.15, 0.2) is 0 Å². The van der Waals surface area contributed by atoms with E-state index in [0.717, 1.165) is 5.56 Å². The second kappa shape index (κ2) is 6.52. The predicted molar refractivity (Wildman–Crippen MR) is 107 cm³/mol. The molecule has 0 atom stereocenters. The summed E-state index contributed by atoms with van der Waals surface area (Å²) in [7, 11) is -4.00. The summed E-state index contributed by atoms with van der Waals surface area (Å²) in [6.07, 6.45) is 0. The molecule has 0 spiro atoms. The minimum Gasteiger partial charge on any atom is -0.353 e. The number of aromatic nitrogens is 1. The van der Waals surface area contributed by atoms with Gasteiger partial charge < -0.3 is 4.98 Å². The highest BCUT2D eigenvalue weighted by molar-refractivity contribution is 7.91. The number of para-hydroxylation sites is 1. The lowest BCUT2D eigenvalue weighted by atomic mass is 10.1. The van der Waals surface area contributed by atoms with E-state index in [2.05, 4.69) is 4.98 Å². The van der Waals surface area contributed by atoms with Crippen molar-refractivity contribution >= 4 is 20.7 Å². The van der Waals surface area contributed by atoms with Gasteiger partial charge in [-0.3, -0.25) is 4.79 Å². The van der Waals surface area contributed by atoms with Crippen LogP contribution in [0.1, 0.15) is 5.56 Å². The third-order valence-electron chi connectivity index (χ3n) is 4.53. The van der Waals surface area contributed by atoms with Crippen LogP contribution >= 0.6 is 0 Å². The molecule has 3 aromatic carbocycles. The summed E-state index contributed by atoms with van der Waals surface area (Å²) in [5, 5.41) is 0.350. The van der Waals surface area contributed by atoms with Crippen LogP contribution in [0.2, 0.25) is 0 Å². The molecule has 4 nitrogen and oxygen atoms in total. The number of aryl methyl sites for hydroxylation is 1. The van der Waals surface area contributed by atoms with Crippen LogP contribution in [0.3, 0.4) is 0 Å². The van der Waals surface area contributed by atoms with Crippen LogP contribution in [0.25, 0.3) is 22.2 Å². The summed E-state index contributed by atoms with van der Waals surface area (Å²) < 4.78 is 26.8. The lowest BCUT2D eigenvalue weighted by molar-refractivity contribution is 0.595. The molecule has 0 amide bonds. The van der Waals surface area contributed by atoms with Gasteiger partial charge in [-0.15, -0.1) is 0 Å². The molecule has 5 heteroatoms. The number of H-pyrrole nitrogens is 1. The van der Waals surface area contributed by atoms with E-state index in [4.69, 9.17) is 0 Å². The molecule has 134 valence electrons. The first-order valence-electron chi connectivity index (χ1n) is 8.51. The number of hydrogen-bond donors (Lipinski definition) is 1. The van der Waals surface area contributed by atoms with Crippen LogP contribution in [-0.4, -0.2) is 13.4 Å². The van der Waals surface area contributed by atoms with Crippen LogP contribution in [0.5, 0.6) is 0 Å². The van der Waals surface area contributed by atoms with Gasteiger partial charge in [0.25, 0.3) is 0 Å². The van der Waals surface area contributed by atoms with Crippen molar-refractivity contribution in [1.29, 1.82) is 0 Å². The summed E-state index contributed by atoms with van der Waals surface area (Å²) >= 11 is 0. The molecule has 0 saturated heterocycles. The SMILES string of the molecule is Cc1ccc(S(=O)(=O)c2c(-c3ccccc3)[nH]c3ccccc3c2=O)cc1. The minimum atomic E-state index is -4.00. The molecule has 4 aromatic rings. The lowest BCUT2D eigenvalue weighted by Gasteiger charge is -2.13. The molecule has 1 heterocycles. The molecule has 1 aromatic heterocycles. The summed E-state index contributed by atoms with van der Waals surface area (Å²) in [5.41, 5.74) is 2.00. The topological polar surface area (TPSA) is 67.0 Å². The summed E-state index contributed by atoms with van der Waals surface area (Å²) in [6.45, 7) is 1.88. The third kappa shape index (κ3) is 2.96. The fourth-order valence-corrected chi connectivity index (χ4v) is 4.64. The number of rotatable bonds is 3. The number of nitrogens with one attached hydrogen (secondary N) is 1. The molecule has 0 aliphatic rings. The molecule has 4 rings (SSSR count). The van der Waals surface area contributed by atoms with Crippen molar-refractivity contribution in [3.05, 3.63) is 94.6 Å². The Hall–Kier alpha value is -3.18. The van der Waals surface area contributed by atoms with Gasteiger partial charge in [-0.1, -0.05) is 60.2 Å². The Balaban J connectivity index is 2.11. The highest BCUT2D eigenvalue weighted by atomic mass is 32.2. The Morgan fingerprint density at radius 1 is 0.778 bits per heavy atom. The molecular weight excluding hydrogens is 358 g/mol. The minimum absolute atomic E-state index is 0.103. The number of pyridine rings is 1. The molecule has 0 radical (unpaired) electrons. The fraction of sp³-hybridized carbons (Fsp3) is 0.0455. The van der Waals surface area contributed by atoms with Crippen LogP contribution < -0.4 is 5.43 Å². The van der Waals surface area contributed by atoms with Crippen LogP contribution in [-0.2, 0) is 9.84 Å². The van der Waals surface area contributed by atoms with Crippen molar-refractivity contribution in [3.8, 4) is 11.3 Å². The van der Waals surface area contributed by atoms with Crippen molar-refractivity contribution < 1.29 is 8.42 Å². The Labute approximate surface area is 157 Å². The average Bonchev–Trinajstić information content (AvgIpc) is 2.68. The average molecular weight is 375 g/mol. The van der Waals surface area contributed by atoms with E-state index in [1.165, 1.54) is 12.1 Å². The monoisotopic (exact) mass is 375 g/mol. The van der Waals surface area contributed by atoms with Gasteiger partial charge in [-0.2, -0.15) is 0 Å². The Morgan fingerprint density at radius 2 is 1.41 bits per heavy atom. The van der Waals surface area contributed by atoms with Gasteiger partial charge in [0.2, 0.25) is 15.3 Å². The fourth-order valence-electron chi connectivity index (χ4n) is 3.12. The van der Waals surface area contributed by atoms with E-state index in [-0.39, 0.29) is 9.79 Å². The summed E-state index contributed by atoms with van der Waals surface area (Å²) in [5.74, 6) is 0. The Morgan fingerprint density at radius 3 is 2.11 bits per heavy atom. The van der Waals surface area contributed by atoms with Crippen LogP contribution in [0.4, 0.5) is 0 Å². The molecule has 0 aliphatic carbocycles. The highest BCUT2D eigenvalue weighted by Gasteiger charge is 2.27. The molecule has 0 bridgehead atoms. The van der Waals surface area contributed by atoms with E-state index < -0.39 is 15.3 Å². The first-order chi connectivity index (χ1) is 13.0. The molecule has 0 saturated carbocycles. The molecule has 0 fully saturated rings. The zero-order valence-corrected chi connectivity index (χ0v) is 15.5. The van der Waals surface area contributed by atoms with Crippen molar-refractivity contribution in [3.63, 3.8) is 0 Å². The Bertz CT molecular complexity index is 1290. The van der Waals surface area contributed by atoms with E-state index in [0.29, 0.717) is 22.2 Å². The van der Waals surface area contributed by atoms with Crippen LogP contribution in [0, 0.1) is 6.92 Å². The van der Waals surface area contributed by atoms with Crippen molar-refractivity contribution in [1.82, 2.24) is 4.98 Å². The number of hydrogen-bond acceptors (Lipinski definition) is 3. The lowest BCUT2D eigenvalue weighted by Crippen LogP contribution is -2.18. The number of benzene rings is 3. The first kappa shape index (κ1) is 17.2. The molecule has 27 heavy (non-hydrogen) atoms. The number of aromatic amines is 1. The van der Waals surface area contributed by atoms with Crippen molar-refractivity contribution in [2.75, 3.05) is 0 Å². The van der Waals surface area contributed by atoms with Crippen molar-refractivity contribution in [2.45, 2.75) is 16.7 Å². The maximum atomic E-state index is 13.4. The van der Waals surface area contributed by atoms with Gasteiger partial charge in [0.05, 0.1) is 10.6 Å². The number of fused-ring (bicyclic) bond motifs is 1. The Kier molecular flexibility index (Phi) is 4.16. The maximum Gasteiger partial charge on any atom is 0.212 e. The standard InChI is InChI=1S/C22H17NO3S/c1-15-11-13-17(14-12-15)27(25,26)22-20(16-7-3-2-4-8-16)23-19-10-6-5-9-18(19)21(22)24/h2-14H,1H3,(H,23,24). The smallest absolute Gasteiger partial charge is 0.212 e. The summed E-state index contributed by atoms with van der Waals surface area (Å²) in [6, 6.07) is 22.5. The van der Waals surface area contributed by atoms with Crippen LogP contribution in [0.15, 0.2) is 93.4 Å². The van der Waals surface area contributed by atoms with E-state index in [1.807, 2.05) is 25.1 Å². The zero-order valence-electron chi connectivity index (χ0n) is 14.6. The normalized spacial score (nSPS) is 11.6. The highest BCUT2D eigenvalue weighted by Crippen LogP contribution is 2.29. The molecule has 0 aliphatic heterocycles. The molecule has 1 N–H and O–H groups in total.